The summed E-state index contributed by atoms with van der Waals surface area (Å²) in [5.74, 6) is -1.09. The maximum absolute atomic E-state index is 13.1. The van der Waals surface area contributed by atoms with Gasteiger partial charge in [0.25, 0.3) is 10.1 Å². The zero-order valence-corrected chi connectivity index (χ0v) is 23.7. The summed E-state index contributed by atoms with van der Waals surface area (Å²) >= 11 is 0. The largest absolute Gasteiger partial charge is 0.746 e. The zero-order valence-electron chi connectivity index (χ0n) is 22.0. The molecule has 1 aliphatic heterocycles. The number of halogens is 3. The molecule has 13 nitrogen and oxygen atoms in total. The van der Waals surface area contributed by atoms with Crippen molar-refractivity contribution in [3.63, 3.8) is 0 Å². The van der Waals surface area contributed by atoms with Gasteiger partial charge in [0.1, 0.15) is 29.8 Å². The van der Waals surface area contributed by atoms with E-state index in [2.05, 4.69) is 4.52 Å². The number of hydrogen-bond acceptors (Lipinski definition) is 12. The number of benzene rings is 2. The number of alkyl halides is 3. The van der Waals surface area contributed by atoms with Crippen molar-refractivity contribution in [3.05, 3.63) is 54.1 Å². The van der Waals surface area contributed by atoms with Crippen LogP contribution in [0.1, 0.15) is 25.8 Å². The Morgan fingerprint density at radius 1 is 1.12 bits per heavy atom. The highest BCUT2D eigenvalue weighted by atomic mass is 32.2. The van der Waals surface area contributed by atoms with Gasteiger partial charge in [-0.25, -0.2) is 0 Å². The standard InChI is InChI=1S/C24H28F3O13PS/c1-3-11-35-21-20(29)19(13-36-42(33,34)18-6-4-5-15(12-18)24(25,26)27)39-23(22(21)37-14(2)28)38-16-7-9-17(10-8-16)40-41(30,31)32/h4-10,12,19-23,29H,3,11,13H2,1-2H3,(H2,30,31,32)/p-1. The van der Waals surface area contributed by atoms with Gasteiger partial charge in [-0.1, -0.05) is 13.0 Å². The van der Waals surface area contributed by atoms with Crippen molar-refractivity contribution >= 4 is 23.9 Å². The summed E-state index contributed by atoms with van der Waals surface area (Å²) in [4.78, 5) is 30.8. The van der Waals surface area contributed by atoms with Crippen molar-refractivity contribution in [2.24, 2.45) is 0 Å². The van der Waals surface area contributed by atoms with Gasteiger partial charge in [-0.3, -0.25) is 13.5 Å². The Morgan fingerprint density at radius 2 is 1.76 bits per heavy atom. The quantitative estimate of drug-likeness (QED) is 0.195. The molecule has 18 heteroatoms. The summed E-state index contributed by atoms with van der Waals surface area (Å²) in [6.45, 7) is 1.98. The lowest BCUT2D eigenvalue weighted by atomic mass is 9.98. The number of phosphoric acid groups is 1. The molecule has 0 aromatic heterocycles. The molecule has 42 heavy (non-hydrogen) atoms. The van der Waals surface area contributed by atoms with Crippen molar-refractivity contribution < 1.29 is 73.5 Å². The van der Waals surface area contributed by atoms with Crippen molar-refractivity contribution in [1.29, 1.82) is 0 Å². The number of ether oxygens (including phenoxy) is 4. The number of carbonyl (C=O) groups is 1. The number of rotatable bonds is 12. The Bertz CT molecular complexity index is 1360. The number of esters is 1. The fourth-order valence-electron chi connectivity index (χ4n) is 3.78. The highest BCUT2D eigenvalue weighted by molar-refractivity contribution is 7.86. The van der Waals surface area contributed by atoms with E-state index in [-0.39, 0.29) is 18.1 Å². The van der Waals surface area contributed by atoms with E-state index in [9.17, 15) is 40.9 Å². The van der Waals surface area contributed by atoms with Crippen molar-refractivity contribution in [2.45, 2.75) is 62.0 Å². The van der Waals surface area contributed by atoms with Gasteiger partial charge in [0.2, 0.25) is 6.29 Å². The fraction of sp³-hybridized carbons (Fsp3) is 0.458. The number of carbonyl (C=O) groups excluding carboxylic acids is 1. The summed E-state index contributed by atoms with van der Waals surface area (Å²) in [5, 5.41) is 11.0. The van der Waals surface area contributed by atoms with Crippen LogP contribution in [0.25, 0.3) is 0 Å². The van der Waals surface area contributed by atoms with Crippen LogP contribution in [0.2, 0.25) is 0 Å². The number of aliphatic hydroxyl groups is 1. The molecule has 3 rings (SSSR count). The normalized spacial score (nSPS) is 24.4. The van der Waals surface area contributed by atoms with Gasteiger partial charge in [0.15, 0.2) is 6.10 Å². The molecule has 1 fully saturated rings. The highest BCUT2D eigenvalue weighted by Crippen LogP contribution is 2.35. The van der Waals surface area contributed by atoms with E-state index in [1.807, 2.05) is 0 Å². The average Bonchev–Trinajstić information content (AvgIpc) is 2.89. The van der Waals surface area contributed by atoms with Crippen LogP contribution in [-0.4, -0.2) is 68.3 Å². The third kappa shape index (κ3) is 9.37. The Labute approximate surface area is 238 Å². The molecule has 0 radical (unpaired) electrons. The van der Waals surface area contributed by atoms with Gasteiger partial charge in [0.05, 0.1) is 17.1 Å². The van der Waals surface area contributed by atoms with E-state index < -0.39 is 77.9 Å². The average molecular weight is 644 g/mol. The fourth-order valence-corrected chi connectivity index (χ4v) is 5.14. The Hall–Kier alpha value is -2.76. The maximum atomic E-state index is 13.1. The van der Waals surface area contributed by atoms with Crippen LogP contribution >= 0.6 is 7.82 Å². The Kier molecular flexibility index (Phi) is 11.0. The molecule has 0 spiro atoms. The van der Waals surface area contributed by atoms with Gasteiger partial charge in [-0.2, -0.15) is 21.6 Å². The van der Waals surface area contributed by atoms with E-state index >= 15 is 0 Å². The first-order valence-electron chi connectivity index (χ1n) is 12.2. The predicted octanol–water partition coefficient (Wildman–Crippen LogP) is 2.14. The minimum Gasteiger partial charge on any atom is -0.746 e. The summed E-state index contributed by atoms with van der Waals surface area (Å²) in [5.41, 5.74) is -1.22. The van der Waals surface area contributed by atoms with Crippen LogP contribution in [0.3, 0.4) is 0 Å². The van der Waals surface area contributed by atoms with Crippen molar-refractivity contribution in [1.82, 2.24) is 0 Å². The first kappa shape index (κ1) is 33.7. The zero-order chi connectivity index (χ0) is 31.3. The highest BCUT2D eigenvalue weighted by Gasteiger charge is 2.50. The molecule has 0 bridgehead atoms. The number of phosphoric ester groups is 1. The van der Waals surface area contributed by atoms with E-state index in [0.29, 0.717) is 18.6 Å². The van der Waals surface area contributed by atoms with E-state index in [1.165, 1.54) is 12.1 Å². The molecule has 0 saturated carbocycles. The van der Waals surface area contributed by atoms with Crippen LogP contribution in [0.5, 0.6) is 11.5 Å². The van der Waals surface area contributed by atoms with Gasteiger partial charge < -0.3 is 38.4 Å². The molecular weight excluding hydrogens is 616 g/mol. The first-order chi connectivity index (χ1) is 19.5. The third-order valence-corrected chi connectivity index (χ3v) is 7.29. The molecular formula is C24H27F3O13PS-. The summed E-state index contributed by atoms with van der Waals surface area (Å²) in [7, 11) is -9.86. The van der Waals surface area contributed by atoms with Gasteiger partial charge in [-0.05, 0) is 48.9 Å². The SMILES string of the molecule is CCCOC1C(O)C(COS(=O)(=O)c2cccc(C(F)(F)F)c2)OC(Oc2ccc(OP(=O)([O-])O)cc2)C1OC(C)=O. The minimum atomic E-state index is -5.09. The molecule has 2 N–H and O–H groups in total. The molecule has 2 aromatic rings. The van der Waals surface area contributed by atoms with Crippen LogP contribution in [-0.2, 0) is 44.0 Å². The lowest BCUT2D eigenvalue weighted by Gasteiger charge is -2.43. The second-order valence-electron chi connectivity index (χ2n) is 8.86. The summed E-state index contributed by atoms with van der Waals surface area (Å²) < 4.78 is 107. The van der Waals surface area contributed by atoms with Crippen LogP contribution in [0.4, 0.5) is 13.2 Å². The second-order valence-corrected chi connectivity index (χ2v) is 11.6. The molecule has 1 aliphatic rings. The summed E-state index contributed by atoms with van der Waals surface area (Å²) in [6.07, 6.45) is -11.8. The molecule has 1 saturated heterocycles. The van der Waals surface area contributed by atoms with Gasteiger partial charge in [0, 0.05) is 13.5 Å². The Morgan fingerprint density at radius 3 is 2.33 bits per heavy atom. The van der Waals surface area contributed by atoms with E-state index in [4.69, 9.17) is 28.0 Å². The van der Waals surface area contributed by atoms with Crippen molar-refractivity contribution in [3.8, 4) is 11.5 Å². The van der Waals surface area contributed by atoms with E-state index in [1.54, 1.807) is 6.92 Å². The summed E-state index contributed by atoms with van der Waals surface area (Å²) in [6, 6.07) is 7.49. The van der Waals surface area contributed by atoms with Crippen LogP contribution < -0.4 is 14.2 Å². The lowest BCUT2D eigenvalue weighted by molar-refractivity contribution is -0.288. The van der Waals surface area contributed by atoms with Crippen molar-refractivity contribution in [2.75, 3.05) is 13.2 Å². The number of aliphatic hydroxyl groups excluding tert-OH is 1. The molecule has 6 atom stereocenters. The predicted molar refractivity (Wildman–Crippen MR) is 132 cm³/mol. The molecule has 0 amide bonds. The number of hydrogen-bond donors (Lipinski definition) is 2. The second kappa shape index (κ2) is 13.7. The van der Waals surface area contributed by atoms with Gasteiger partial charge in [-0.15, -0.1) is 0 Å². The van der Waals surface area contributed by atoms with Crippen LogP contribution in [0.15, 0.2) is 53.4 Å². The Balaban J connectivity index is 1.86. The molecule has 2 aromatic carbocycles. The van der Waals surface area contributed by atoms with Gasteiger partial charge >= 0.3 is 20.0 Å². The topological polar surface area (TPSA) is 187 Å². The lowest BCUT2D eigenvalue weighted by Crippen LogP contribution is -2.62. The smallest absolute Gasteiger partial charge is 0.416 e. The molecule has 234 valence electrons. The molecule has 1 heterocycles. The third-order valence-electron chi connectivity index (χ3n) is 5.57. The monoisotopic (exact) mass is 643 g/mol. The maximum Gasteiger partial charge on any atom is 0.416 e. The minimum absolute atomic E-state index is 0.00920. The van der Waals surface area contributed by atoms with E-state index in [0.717, 1.165) is 31.2 Å². The first-order valence-corrected chi connectivity index (χ1v) is 15.1. The van der Waals surface area contributed by atoms with Crippen LogP contribution in [0, 0.1) is 0 Å². The molecule has 6 unspecified atom stereocenters. The molecule has 0 aliphatic carbocycles.